The molecule has 0 aromatic rings. The number of methoxy groups -OCH3 is 2. The third kappa shape index (κ3) is 2.08. The Kier molecular flexibility index (Phi) is 3.93. The third-order valence-corrected chi connectivity index (χ3v) is 5.37. The van der Waals surface area contributed by atoms with Crippen LogP contribution in [-0.2, 0) is 19.0 Å². The largest absolute Gasteiger partial charge is 0.466 e. The van der Waals surface area contributed by atoms with Crippen molar-refractivity contribution >= 4 is 5.97 Å². The van der Waals surface area contributed by atoms with E-state index in [1.165, 1.54) is 39.2 Å². The van der Waals surface area contributed by atoms with Crippen LogP contribution in [-0.4, -0.2) is 38.5 Å². The molecule has 21 heavy (non-hydrogen) atoms. The molecule has 2 fully saturated rings. The highest BCUT2D eigenvalue weighted by molar-refractivity contribution is 5.92. The molecule has 1 saturated heterocycles. The summed E-state index contributed by atoms with van der Waals surface area (Å²) in [4.78, 5) is 12.0. The minimum absolute atomic E-state index is 0.00699. The van der Waals surface area contributed by atoms with Crippen LogP contribution in [0.25, 0.3) is 0 Å². The molecule has 116 valence electrons. The fourth-order valence-corrected chi connectivity index (χ4v) is 4.35. The topological polar surface area (TPSA) is 44.8 Å². The number of carbonyl (C=O) groups is 1. The van der Waals surface area contributed by atoms with Crippen LogP contribution < -0.4 is 0 Å². The molecule has 3 rings (SSSR count). The van der Waals surface area contributed by atoms with Crippen molar-refractivity contribution in [3.05, 3.63) is 23.3 Å². The van der Waals surface area contributed by atoms with Gasteiger partial charge in [-0.1, -0.05) is 25.8 Å². The molecule has 3 aliphatic rings. The summed E-state index contributed by atoms with van der Waals surface area (Å²) in [5.74, 6) is 0.211. The van der Waals surface area contributed by atoms with E-state index >= 15 is 0 Å². The van der Waals surface area contributed by atoms with Gasteiger partial charge in [0, 0.05) is 24.7 Å². The highest BCUT2D eigenvalue weighted by Gasteiger charge is 2.58. The van der Waals surface area contributed by atoms with Gasteiger partial charge in [0.2, 0.25) is 0 Å². The van der Waals surface area contributed by atoms with Crippen molar-refractivity contribution in [2.45, 2.75) is 50.2 Å². The summed E-state index contributed by atoms with van der Waals surface area (Å²) in [6.45, 7) is 4.65. The molecular formula is C17H24O4. The Morgan fingerprint density at radius 1 is 1.29 bits per heavy atom. The van der Waals surface area contributed by atoms with Crippen LogP contribution in [0.3, 0.4) is 0 Å². The first-order valence-electron chi connectivity index (χ1n) is 7.81. The summed E-state index contributed by atoms with van der Waals surface area (Å²) in [5, 5.41) is 0. The van der Waals surface area contributed by atoms with Gasteiger partial charge in [-0.05, 0) is 24.3 Å². The summed E-state index contributed by atoms with van der Waals surface area (Å²) in [7, 11) is 3.12. The van der Waals surface area contributed by atoms with E-state index in [1.54, 1.807) is 7.11 Å². The Labute approximate surface area is 126 Å². The fourth-order valence-electron chi connectivity index (χ4n) is 4.35. The standard InChI is InChI=1S/C17H24O4/c1-11-9-13(16(18)19-2)14-10-21-15(17(11,14)20-3)12-7-5-4-6-8-12/h12,15H,1,4-10H2,2-3H3/t15-,17-/m1/s1. The molecule has 0 aromatic heterocycles. The maximum absolute atomic E-state index is 12.0. The van der Waals surface area contributed by atoms with Crippen molar-refractivity contribution in [2.75, 3.05) is 20.8 Å². The second-order valence-electron chi connectivity index (χ2n) is 6.30. The van der Waals surface area contributed by atoms with Crippen molar-refractivity contribution < 1.29 is 19.0 Å². The molecule has 1 heterocycles. The van der Waals surface area contributed by atoms with Gasteiger partial charge in [0.25, 0.3) is 0 Å². The average molecular weight is 292 g/mol. The van der Waals surface area contributed by atoms with Gasteiger partial charge in [0.15, 0.2) is 0 Å². The number of rotatable bonds is 3. The lowest BCUT2D eigenvalue weighted by Gasteiger charge is -2.38. The van der Waals surface area contributed by atoms with Crippen LogP contribution in [0.5, 0.6) is 0 Å². The molecule has 2 aliphatic carbocycles. The molecule has 0 aromatic carbocycles. The number of esters is 1. The van der Waals surface area contributed by atoms with Gasteiger partial charge in [-0.3, -0.25) is 0 Å². The van der Waals surface area contributed by atoms with Gasteiger partial charge in [-0.25, -0.2) is 4.79 Å². The minimum atomic E-state index is -0.606. The third-order valence-electron chi connectivity index (χ3n) is 5.37. The molecule has 1 saturated carbocycles. The molecule has 0 radical (unpaired) electrons. The Morgan fingerprint density at radius 2 is 2.00 bits per heavy atom. The van der Waals surface area contributed by atoms with Crippen LogP contribution in [0.2, 0.25) is 0 Å². The van der Waals surface area contributed by atoms with Gasteiger partial charge in [-0.2, -0.15) is 0 Å². The number of carbonyl (C=O) groups excluding carboxylic acids is 1. The maximum atomic E-state index is 12.0. The first-order valence-corrected chi connectivity index (χ1v) is 7.81. The number of hydrogen-bond acceptors (Lipinski definition) is 4. The Morgan fingerprint density at radius 3 is 2.62 bits per heavy atom. The van der Waals surface area contributed by atoms with E-state index in [2.05, 4.69) is 6.58 Å². The van der Waals surface area contributed by atoms with Crippen LogP contribution in [0.15, 0.2) is 23.3 Å². The molecule has 0 unspecified atom stereocenters. The van der Waals surface area contributed by atoms with Crippen LogP contribution in [0.4, 0.5) is 0 Å². The first kappa shape index (κ1) is 14.8. The first-order chi connectivity index (χ1) is 10.1. The normalized spacial score (nSPS) is 33.4. The van der Waals surface area contributed by atoms with Crippen LogP contribution in [0, 0.1) is 5.92 Å². The van der Waals surface area contributed by atoms with E-state index < -0.39 is 5.60 Å². The molecule has 0 amide bonds. The highest BCUT2D eigenvalue weighted by atomic mass is 16.6. The second kappa shape index (κ2) is 5.58. The maximum Gasteiger partial charge on any atom is 0.334 e. The summed E-state index contributed by atoms with van der Waals surface area (Å²) < 4.78 is 16.9. The SMILES string of the molecule is C=C1CC(C(=O)OC)=C2CO[C@H](C3CCCCC3)[C@@]12OC. The van der Waals surface area contributed by atoms with E-state index in [1.807, 2.05) is 0 Å². The molecule has 0 spiro atoms. The molecule has 2 atom stereocenters. The van der Waals surface area contributed by atoms with E-state index in [4.69, 9.17) is 14.2 Å². The zero-order valence-electron chi connectivity index (χ0n) is 12.9. The lowest BCUT2D eigenvalue weighted by atomic mass is 9.75. The zero-order chi connectivity index (χ0) is 15.0. The van der Waals surface area contributed by atoms with E-state index in [9.17, 15) is 4.79 Å². The van der Waals surface area contributed by atoms with Crippen molar-refractivity contribution in [3.8, 4) is 0 Å². The average Bonchev–Trinajstić information content (AvgIpc) is 3.04. The van der Waals surface area contributed by atoms with E-state index in [0.29, 0.717) is 24.5 Å². The number of ether oxygens (including phenoxy) is 3. The van der Waals surface area contributed by atoms with Gasteiger partial charge in [0.1, 0.15) is 5.60 Å². The molecular weight excluding hydrogens is 268 g/mol. The van der Waals surface area contributed by atoms with E-state index in [-0.39, 0.29) is 12.1 Å². The lowest BCUT2D eigenvalue weighted by molar-refractivity contribution is -0.136. The lowest BCUT2D eigenvalue weighted by Crippen LogP contribution is -2.46. The Bertz CT molecular complexity index is 487. The molecule has 0 N–H and O–H groups in total. The molecule has 0 bridgehead atoms. The Hall–Kier alpha value is -1.13. The highest BCUT2D eigenvalue weighted by Crippen LogP contribution is 2.53. The predicted octanol–water partition coefficient (Wildman–Crippen LogP) is 2.78. The smallest absolute Gasteiger partial charge is 0.334 e. The minimum Gasteiger partial charge on any atom is -0.466 e. The molecule has 4 heteroatoms. The van der Waals surface area contributed by atoms with Gasteiger partial charge in [0.05, 0.1) is 19.8 Å². The number of hydrogen-bond donors (Lipinski definition) is 0. The predicted molar refractivity (Wildman–Crippen MR) is 78.9 cm³/mol. The number of fused-ring (bicyclic) bond motifs is 1. The van der Waals surface area contributed by atoms with Crippen molar-refractivity contribution in [1.82, 2.24) is 0 Å². The zero-order valence-corrected chi connectivity index (χ0v) is 12.9. The van der Waals surface area contributed by atoms with Crippen LogP contribution in [0.1, 0.15) is 38.5 Å². The second-order valence-corrected chi connectivity index (χ2v) is 6.30. The van der Waals surface area contributed by atoms with Gasteiger partial charge >= 0.3 is 5.97 Å². The summed E-state index contributed by atoms with van der Waals surface area (Å²) in [6.07, 6.45) is 6.68. The monoisotopic (exact) mass is 292 g/mol. The van der Waals surface area contributed by atoms with Gasteiger partial charge in [-0.15, -0.1) is 0 Å². The quantitative estimate of drug-likeness (QED) is 0.592. The summed E-state index contributed by atoms with van der Waals surface area (Å²) >= 11 is 0. The fraction of sp³-hybridized carbons (Fsp3) is 0.706. The molecule has 1 aliphatic heterocycles. The van der Waals surface area contributed by atoms with Crippen molar-refractivity contribution in [2.24, 2.45) is 5.92 Å². The summed E-state index contributed by atoms with van der Waals surface area (Å²) in [5.41, 5.74) is 1.96. The summed E-state index contributed by atoms with van der Waals surface area (Å²) in [6, 6.07) is 0. The van der Waals surface area contributed by atoms with Crippen molar-refractivity contribution in [1.29, 1.82) is 0 Å². The molecule has 4 nitrogen and oxygen atoms in total. The Balaban J connectivity index is 1.98. The van der Waals surface area contributed by atoms with Crippen molar-refractivity contribution in [3.63, 3.8) is 0 Å². The van der Waals surface area contributed by atoms with E-state index in [0.717, 1.165) is 11.1 Å². The van der Waals surface area contributed by atoms with Crippen LogP contribution >= 0.6 is 0 Å². The van der Waals surface area contributed by atoms with Gasteiger partial charge < -0.3 is 14.2 Å².